The van der Waals surface area contributed by atoms with Crippen molar-refractivity contribution in [2.45, 2.75) is 12.7 Å². The van der Waals surface area contributed by atoms with Gasteiger partial charge in [-0.05, 0) is 6.92 Å². The van der Waals surface area contributed by atoms with Gasteiger partial charge in [0.25, 0.3) is 5.79 Å². The molecule has 0 amide bonds. The summed E-state index contributed by atoms with van der Waals surface area (Å²) in [6, 6.07) is 6.85. The molecule has 0 fully saturated rings. The van der Waals surface area contributed by atoms with Crippen LogP contribution in [0.15, 0.2) is 35.3 Å². The van der Waals surface area contributed by atoms with E-state index in [2.05, 4.69) is 4.99 Å². The quantitative estimate of drug-likeness (QED) is 0.355. The maximum absolute atomic E-state index is 13.4. The number of hydrogen-bond acceptors (Lipinski definition) is 3. The van der Waals surface area contributed by atoms with Crippen molar-refractivity contribution in [3.8, 4) is 0 Å². The van der Waals surface area contributed by atoms with Crippen LogP contribution >= 0.6 is 0 Å². The molecule has 0 N–H and O–H groups in total. The zero-order valence-electron chi connectivity index (χ0n) is 8.62. The molecular weight excluding hydrogens is 245 g/mol. The van der Waals surface area contributed by atoms with Crippen molar-refractivity contribution in [3.05, 3.63) is 35.9 Å². The zero-order chi connectivity index (χ0) is 13.1. The van der Waals surface area contributed by atoms with Crippen LogP contribution in [0.5, 0.6) is 0 Å². The summed E-state index contributed by atoms with van der Waals surface area (Å²) in [6.45, 7) is 0.371. The van der Waals surface area contributed by atoms with E-state index in [-0.39, 0.29) is 5.56 Å². The smallest absolute Gasteiger partial charge is 0.209 e. The second-order valence-corrected chi connectivity index (χ2v) is 3.21. The summed E-state index contributed by atoms with van der Waals surface area (Å²) in [4.78, 5) is 2.68. The predicted molar refractivity (Wildman–Crippen MR) is 50.6 cm³/mol. The van der Waals surface area contributed by atoms with Crippen LogP contribution in [0.1, 0.15) is 12.5 Å². The first-order valence-corrected chi connectivity index (χ1v) is 4.42. The third-order valence-corrected chi connectivity index (χ3v) is 1.96. The summed E-state index contributed by atoms with van der Waals surface area (Å²) in [5, 5.41) is -3.76. The first-order chi connectivity index (χ1) is 7.88. The maximum atomic E-state index is 13.4. The van der Waals surface area contributed by atoms with Gasteiger partial charge in [0.15, 0.2) is 0 Å². The van der Waals surface area contributed by atoms with Gasteiger partial charge in [-0.3, -0.25) is 0 Å². The van der Waals surface area contributed by atoms with Gasteiger partial charge in [-0.1, -0.05) is 48.3 Å². The molecule has 0 aliphatic carbocycles. The van der Waals surface area contributed by atoms with Crippen LogP contribution in [0.3, 0.4) is 0 Å². The molecule has 17 heavy (non-hydrogen) atoms. The van der Waals surface area contributed by atoms with Gasteiger partial charge in [0.2, 0.25) is 5.97 Å². The number of halogens is 5. The van der Waals surface area contributed by atoms with Crippen LogP contribution in [-0.2, 0) is 0 Å². The van der Waals surface area contributed by atoms with Gasteiger partial charge in [0, 0.05) is 5.56 Å². The van der Waals surface area contributed by atoms with Crippen molar-refractivity contribution in [1.82, 2.24) is 10.7 Å². The molecule has 0 aliphatic rings. The lowest BCUT2D eigenvalue weighted by molar-refractivity contribution is -0.362. The molecular formula is C9H8F5N3. The monoisotopic (exact) mass is 253 g/mol. The van der Waals surface area contributed by atoms with Crippen LogP contribution in [-0.4, -0.2) is 22.4 Å². The average Bonchev–Trinajstić information content (AvgIpc) is 2.29. The van der Waals surface area contributed by atoms with Gasteiger partial charge in [-0.2, -0.15) is 4.39 Å². The van der Waals surface area contributed by atoms with Crippen molar-refractivity contribution in [2.24, 2.45) is 4.99 Å². The van der Waals surface area contributed by atoms with Crippen LogP contribution in [0.25, 0.3) is 0 Å². The highest BCUT2D eigenvalue weighted by Gasteiger charge is 2.43. The molecule has 1 rings (SSSR count). The predicted octanol–water partition coefficient (Wildman–Crippen LogP) is 3.22. The lowest BCUT2D eigenvalue weighted by Gasteiger charge is -2.23. The first kappa shape index (κ1) is 13.5. The Morgan fingerprint density at radius 2 is 1.53 bits per heavy atom. The zero-order valence-corrected chi connectivity index (χ0v) is 8.62. The lowest BCUT2D eigenvalue weighted by atomic mass is 10.2. The van der Waals surface area contributed by atoms with Gasteiger partial charge < -0.3 is 0 Å². The largest absolute Gasteiger partial charge is 0.284 e. The second kappa shape index (κ2) is 5.19. The molecule has 1 aromatic carbocycles. The summed E-state index contributed by atoms with van der Waals surface area (Å²) >= 11 is 0. The average molecular weight is 253 g/mol. The van der Waals surface area contributed by atoms with Crippen molar-refractivity contribution in [3.63, 3.8) is 0 Å². The highest BCUT2D eigenvalue weighted by molar-refractivity contribution is 5.93. The number of benzene rings is 1. The first-order valence-electron chi connectivity index (χ1n) is 4.42. The molecule has 0 saturated carbocycles. The number of nitrogens with zero attached hydrogens (tertiary/aromatic N) is 3. The third kappa shape index (κ3) is 2.98. The van der Waals surface area contributed by atoms with Crippen molar-refractivity contribution >= 4 is 5.97 Å². The lowest BCUT2D eigenvalue weighted by Crippen LogP contribution is -2.44. The van der Waals surface area contributed by atoms with E-state index in [9.17, 15) is 22.3 Å². The van der Waals surface area contributed by atoms with Crippen LogP contribution < -0.4 is 0 Å². The van der Waals surface area contributed by atoms with E-state index in [0.29, 0.717) is 6.92 Å². The summed E-state index contributed by atoms with van der Waals surface area (Å²) < 4.78 is 62.4. The number of aliphatic imine (C=N–C) groups is 1. The Kier molecular flexibility index (Phi) is 4.13. The van der Waals surface area contributed by atoms with Gasteiger partial charge in [0.05, 0.1) is 10.7 Å². The van der Waals surface area contributed by atoms with Gasteiger partial charge >= 0.3 is 0 Å². The molecule has 0 radical (unpaired) electrons. The van der Waals surface area contributed by atoms with Crippen molar-refractivity contribution in [2.75, 3.05) is 0 Å². The SMILES string of the molecule is CC(N=C(F)c1ccccc1)(N(F)F)N(F)F. The van der Waals surface area contributed by atoms with Crippen LogP contribution in [0.2, 0.25) is 0 Å². The summed E-state index contributed by atoms with van der Waals surface area (Å²) in [5.41, 5.74) is -0.164. The van der Waals surface area contributed by atoms with E-state index in [1.54, 1.807) is 6.07 Å². The third-order valence-electron chi connectivity index (χ3n) is 1.96. The van der Waals surface area contributed by atoms with Crippen molar-refractivity contribution in [1.29, 1.82) is 0 Å². The summed E-state index contributed by atoms with van der Waals surface area (Å²) in [5.74, 6) is -4.77. The minimum absolute atomic E-state index is 0.164. The Hall–Kier alpha value is -1.54. The molecule has 0 unspecified atom stereocenters. The summed E-state index contributed by atoms with van der Waals surface area (Å²) in [7, 11) is 0. The van der Waals surface area contributed by atoms with Gasteiger partial charge in [-0.25, -0.2) is 4.99 Å². The highest BCUT2D eigenvalue weighted by atomic mass is 19.4. The normalized spacial score (nSPS) is 13.5. The Morgan fingerprint density at radius 3 is 1.94 bits per heavy atom. The molecule has 0 saturated heterocycles. The molecule has 1 aromatic rings. The highest BCUT2D eigenvalue weighted by Crippen LogP contribution is 2.25. The molecule has 0 atom stereocenters. The van der Waals surface area contributed by atoms with Crippen LogP contribution in [0.4, 0.5) is 22.3 Å². The minimum atomic E-state index is -3.36. The Balaban J connectivity index is 3.08. The Bertz CT molecular complexity index is 385. The standard InChI is InChI=1S/C9H8F5N3/c1-9(16(11)12,17(13)14)15-8(10)7-5-3-2-4-6-7/h2-6H,1H3. The van der Waals surface area contributed by atoms with E-state index < -0.39 is 22.4 Å². The molecule has 0 spiro atoms. The number of rotatable bonds is 4. The van der Waals surface area contributed by atoms with E-state index in [4.69, 9.17) is 0 Å². The molecule has 94 valence electrons. The number of hydrogen-bond donors (Lipinski definition) is 0. The molecule has 3 nitrogen and oxygen atoms in total. The van der Waals surface area contributed by atoms with E-state index in [1.165, 1.54) is 24.3 Å². The second-order valence-electron chi connectivity index (χ2n) is 3.21. The van der Waals surface area contributed by atoms with Gasteiger partial charge in [-0.15, -0.1) is 0 Å². The molecule has 0 aliphatic heterocycles. The topological polar surface area (TPSA) is 18.8 Å². The maximum Gasteiger partial charge on any atom is 0.284 e. The van der Waals surface area contributed by atoms with E-state index in [1.807, 2.05) is 0 Å². The van der Waals surface area contributed by atoms with E-state index in [0.717, 1.165) is 0 Å². The minimum Gasteiger partial charge on any atom is -0.209 e. The van der Waals surface area contributed by atoms with Gasteiger partial charge in [0.1, 0.15) is 0 Å². The fourth-order valence-electron chi connectivity index (χ4n) is 0.959. The van der Waals surface area contributed by atoms with Crippen LogP contribution in [0, 0.1) is 0 Å². The molecule has 8 heteroatoms. The molecule has 0 heterocycles. The Morgan fingerprint density at radius 1 is 1.06 bits per heavy atom. The van der Waals surface area contributed by atoms with Crippen molar-refractivity contribution < 1.29 is 22.3 Å². The fourth-order valence-corrected chi connectivity index (χ4v) is 0.959. The fraction of sp³-hybridized carbons (Fsp3) is 0.222. The summed E-state index contributed by atoms with van der Waals surface area (Å²) in [6.07, 6.45) is 0. The Labute approximate surface area is 93.5 Å². The molecule has 0 aromatic heterocycles. The van der Waals surface area contributed by atoms with E-state index >= 15 is 0 Å². The molecule has 0 bridgehead atoms.